The quantitative estimate of drug-likeness (QED) is 0.879. The second-order valence-electron chi connectivity index (χ2n) is 4.42. The summed E-state index contributed by atoms with van der Waals surface area (Å²) in [5.74, 6) is -0.648. The molecule has 0 saturated carbocycles. The third-order valence-corrected chi connectivity index (χ3v) is 3.18. The van der Waals surface area contributed by atoms with E-state index in [1.165, 1.54) is 25.0 Å². The second-order valence-corrected chi connectivity index (χ2v) is 4.42. The van der Waals surface area contributed by atoms with Crippen molar-refractivity contribution in [3.63, 3.8) is 0 Å². The Morgan fingerprint density at radius 3 is 2.76 bits per heavy atom. The lowest BCUT2D eigenvalue weighted by molar-refractivity contribution is 0.381. The van der Waals surface area contributed by atoms with Crippen LogP contribution in [0.2, 0.25) is 0 Å². The van der Waals surface area contributed by atoms with Crippen LogP contribution in [0.15, 0.2) is 18.2 Å². The molecule has 1 N–H and O–H groups in total. The van der Waals surface area contributed by atoms with Crippen LogP contribution in [-0.2, 0) is 6.42 Å². The Balaban J connectivity index is 0.00000144. The molecule has 0 aliphatic carbocycles. The van der Waals surface area contributed by atoms with E-state index < -0.39 is 0 Å². The highest BCUT2D eigenvalue weighted by molar-refractivity contribution is 5.85. The molecule has 1 aromatic carbocycles. The summed E-state index contributed by atoms with van der Waals surface area (Å²) < 4.78 is 26.3. The molecular formula is C13H18ClF2N. The standard InChI is InChI=1S/C13H17F2N.ClH/c14-11-5-7-13(15)10(9-11)4-6-12-3-1-2-8-16-12;/h5,7,9,12,16H,1-4,6,8H2;1H. The topological polar surface area (TPSA) is 12.0 Å². The number of hydrogen-bond acceptors (Lipinski definition) is 1. The van der Waals surface area contributed by atoms with Gasteiger partial charge in [-0.15, -0.1) is 12.4 Å². The zero-order chi connectivity index (χ0) is 11.4. The Morgan fingerprint density at radius 2 is 2.06 bits per heavy atom. The lowest BCUT2D eigenvalue weighted by Gasteiger charge is -2.23. The van der Waals surface area contributed by atoms with Crippen molar-refractivity contribution in [3.8, 4) is 0 Å². The van der Waals surface area contributed by atoms with Crippen LogP contribution >= 0.6 is 12.4 Å². The van der Waals surface area contributed by atoms with Crippen LogP contribution < -0.4 is 5.32 Å². The van der Waals surface area contributed by atoms with Crippen molar-refractivity contribution in [1.29, 1.82) is 0 Å². The third kappa shape index (κ3) is 4.25. The summed E-state index contributed by atoms with van der Waals surface area (Å²) in [6.45, 7) is 1.05. The Bertz CT molecular complexity index is 351. The van der Waals surface area contributed by atoms with E-state index in [9.17, 15) is 8.78 Å². The molecule has 2 rings (SSSR count). The number of aryl methyl sites for hydroxylation is 1. The Kier molecular flexibility index (Phi) is 5.86. The highest BCUT2D eigenvalue weighted by Crippen LogP contribution is 2.16. The van der Waals surface area contributed by atoms with Crippen molar-refractivity contribution in [2.24, 2.45) is 0 Å². The van der Waals surface area contributed by atoms with Crippen molar-refractivity contribution in [1.82, 2.24) is 5.32 Å². The maximum absolute atomic E-state index is 13.3. The molecule has 1 unspecified atom stereocenters. The van der Waals surface area contributed by atoms with E-state index in [0.717, 1.165) is 25.5 Å². The molecule has 1 aromatic rings. The second kappa shape index (κ2) is 6.92. The monoisotopic (exact) mass is 261 g/mol. The van der Waals surface area contributed by atoms with E-state index in [1.54, 1.807) is 0 Å². The molecule has 0 amide bonds. The Labute approximate surface area is 107 Å². The van der Waals surface area contributed by atoms with Gasteiger partial charge in [0, 0.05) is 6.04 Å². The molecule has 0 radical (unpaired) electrons. The van der Waals surface area contributed by atoms with Crippen LogP contribution in [-0.4, -0.2) is 12.6 Å². The van der Waals surface area contributed by atoms with Gasteiger partial charge in [-0.2, -0.15) is 0 Å². The minimum atomic E-state index is -0.354. The number of halogens is 3. The van der Waals surface area contributed by atoms with Crippen LogP contribution in [0.25, 0.3) is 0 Å². The van der Waals surface area contributed by atoms with E-state index >= 15 is 0 Å². The van der Waals surface area contributed by atoms with Crippen molar-refractivity contribution < 1.29 is 8.78 Å². The van der Waals surface area contributed by atoms with E-state index in [1.807, 2.05) is 0 Å². The molecule has 1 saturated heterocycles. The van der Waals surface area contributed by atoms with Crippen LogP contribution in [0, 0.1) is 11.6 Å². The van der Waals surface area contributed by atoms with Gasteiger partial charge in [-0.05, 0) is 56.0 Å². The molecule has 0 aromatic heterocycles. The Morgan fingerprint density at radius 1 is 1.24 bits per heavy atom. The highest BCUT2D eigenvalue weighted by Gasteiger charge is 2.13. The minimum Gasteiger partial charge on any atom is -0.314 e. The van der Waals surface area contributed by atoms with E-state index in [-0.39, 0.29) is 24.0 Å². The molecule has 0 spiro atoms. The number of hydrogen-bond donors (Lipinski definition) is 1. The smallest absolute Gasteiger partial charge is 0.126 e. The summed E-state index contributed by atoms with van der Waals surface area (Å²) in [5.41, 5.74) is 0.493. The predicted molar refractivity (Wildman–Crippen MR) is 67.6 cm³/mol. The number of piperidine rings is 1. The fourth-order valence-corrected chi connectivity index (χ4v) is 2.24. The van der Waals surface area contributed by atoms with Gasteiger partial charge in [-0.25, -0.2) is 8.78 Å². The zero-order valence-corrected chi connectivity index (χ0v) is 10.5. The first-order valence-corrected chi connectivity index (χ1v) is 5.93. The summed E-state index contributed by atoms with van der Waals surface area (Å²) >= 11 is 0. The molecule has 96 valence electrons. The average Bonchev–Trinajstić information content (AvgIpc) is 2.32. The van der Waals surface area contributed by atoms with Gasteiger partial charge in [0.1, 0.15) is 11.6 Å². The van der Waals surface area contributed by atoms with E-state index in [0.29, 0.717) is 18.0 Å². The van der Waals surface area contributed by atoms with E-state index in [4.69, 9.17) is 0 Å². The first-order chi connectivity index (χ1) is 7.75. The zero-order valence-electron chi connectivity index (χ0n) is 9.72. The molecule has 4 heteroatoms. The van der Waals surface area contributed by atoms with Crippen LogP contribution in [0.3, 0.4) is 0 Å². The first-order valence-electron chi connectivity index (χ1n) is 5.93. The fourth-order valence-electron chi connectivity index (χ4n) is 2.24. The van der Waals surface area contributed by atoms with Crippen molar-refractivity contribution in [3.05, 3.63) is 35.4 Å². The lowest BCUT2D eigenvalue weighted by atomic mass is 9.98. The van der Waals surface area contributed by atoms with Gasteiger partial charge < -0.3 is 5.32 Å². The molecule has 1 aliphatic rings. The van der Waals surface area contributed by atoms with Gasteiger partial charge >= 0.3 is 0 Å². The number of rotatable bonds is 3. The van der Waals surface area contributed by atoms with Crippen LogP contribution in [0.4, 0.5) is 8.78 Å². The summed E-state index contributed by atoms with van der Waals surface area (Å²) in [5, 5.41) is 3.41. The van der Waals surface area contributed by atoms with Gasteiger partial charge in [-0.3, -0.25) is 0 Å². The first kappa shape index (κ1) is 14.4. The van der Waals surface area contributed by atoms with Gasteiger partial charge in [0.2, 0.25) is 0 Å². The minimum absolute atomic E-state index is 0. The summed E-state index contributed by atoms with van der Waals surface area (Å²) in [6.07, 6.45) is 5.12. The highest BCUT2D eigenvalue weighted by atomic mass is 35.5. The van der Waals surface area contributed by atoms with Gasteiger partial charge in [0.25, 0.3) is 0 Å². The summed E-state index contributed by atoms with van der Waals surface area (Å²) in [6, 6.07) is 4.14. The maximum Gasteiger partial charge on any atom is 0.126 e. The van der Waals surface area contributed by atoms with Crippen molar-refractivity contribution in [2.45, 2.75) is 38.1 Å². The van der Waals surface area contributed by atoms with Gasteiger partial charge in [0.05, 0.1) is 0 Å². The van der Waals surface area contributed by atoms with E-state index in [2.05, 4.69) is 5.32 Å². The van der Waals surface area contributed by atoms with Gasteiger partial charge in [0.15, 0.2) is 0 Å². The largest absolute Gasteiger partial charge is 0.314 e. The lowest BCUT2D eigenvalue weighted by Crippen LogP contribution is -2.34. The van der Waals surface area contributed by atoms with Crippen LogP contribution in [0.5, 0.6) is 0 Å². The molecule has 1 aliphatic heterocycles. The van der Waals surface area contributed by atoms with Crippen molar-refractivity contribution >= 4 is 12.4 Å². The third-order valence-electron chi connectivity index (χ3n) is 3.18. The van der Waals surface area contributed by atoms with Gasteiger partial charge in [-0.1, -0.05) is 6.42 Å². The summed E-state index contributed by atoms with van der Waals surface area (Å²) in [7, 11) is 0. The fraction of sp³-hybridized carbons (Fsp3) is 0.538. The number of nitrogens with one attached hydrogen (secondary N) is 1. The predicted octanol–water partition coefficient (Wildman–Crippen LogP) is 3.46. The van der Waals surface area contributed by atoms with Crippen LogP contribution in [0.1, 0.15) is 31.2 Å². The Hall–Kier alpha value is -0.670. The molecule has 17 heavy (non-hydrogen) atoms. The molecule has 1 nitrogen and oxygen atoms in total. The average molecular weight is 262 g/mol. The normalized spacial score (nSPS) is 19.8. The molecule has 1 heterocycles. The summed E-state index contributed by atoms with van der Waals surface area (Å²) in [4.78, 5) is 0. The molecule has 1 fully saturated rings. The van der Waals surface area contributed by atoms with Crippen molar-refractivity contribution in [2.75, 3.05) is 6.54 Å². The molecular weight excluding hydrogens is 244 g/mol. The molecule has 0 bridgehead atoms. The maximum atomic E-state index is 13.3. The SMILES string of the molecule is Cl.Fc1ccc(F)c(CCC2CCCCN2)c1. The molecule has 1 atom stereocenters. The number of benzene rings is 1.